The maximum absolute atomic E-state index is 12.2. The molecular weight excluding hydrogens is 384 g/mol. The fourth-order valence-electron chi connectivity index (χ4n) is 2.14. The standard InChI is InChI=1S/C15H16Br2N2O/c1-18(2)10-14(11-4-3-5-12(16)8-11)19-7-6-13(17)9-15(19)20/h3-9,14H,10H2,1-2H3. The Labute approximate surface area is 135 Å². The van der Waals surface area contributed by atoms with Crippen LogP contribution in [-0.4, -0.2) is 30.1 Å². The first kappa shape index (κ1) is 15.5. The van der Waals surface area contributed by atoms with Crippen molar-refractivity contribution >= 4 is 31.9 Å². The molecule has 5 heteroatoms. The molecule has 0 spiro atoms. The van der Waals surface area contributed by atoms with Crippen molar-refractivity contribution in [3.63, 3.8) is 0 Å². The van der Waals surface area contributed by atoms with Crippen LogP contribution in [0.2, 0.25) is 0 Å². The van der Waals surface area contributed by atoms with E-state index in [0.717, 1.165) is 21.1 Å². The number of hydrogen-bond acceptors (Lipinski definition) is 2. The highest BCUT2D eigenvalue weighted by Crippen LogP contribution is 2.22. The van der Waals surface area contributed by atoms with E-state index in [-0.39, 0.29) is 11.6 Å². The maximum atomic E-state index is 12.2. The third-order valence-corrected chi connectivity index (χ3v) is 4.00. The molecule has 1 unspecified atom stereocenters. The molecule has 0 radical (unpaired) electrons. The van der Waals surface area contributed by atoms with Gasteiger partial charge in [0.25, 0.3) is 5.56 Å². The minimum absolute atomic E-state index is 0.00815. The highest BCUT2D eigenvalue weighted by atomic mass is 79.9. The number of rotatable bonds is 4. The van der Waals surface area contributed by atoms with Crippen molar-refractivity contribution in [2.75, 3.05) is 20.6 Å². The molecule has 3 nitrogen and oxygen atoms in total. The fourth-order valence-corrected chi connectivity index (χ4v) is 2.87. The largest absolute Gasteiger partial charge is 0.307 e. The van der Waals surface area contributed by atoms with Gasteiger partial charge in [-0.05, 0) is 37.9 Å². The van der Waals surface area contributed by atoms with Crippen LogP contribution in [-0.2, 0) is 0 Å². The van der Waals surface area contributed by atoms with Crippen LogP contribution in [0.5, 0.6) is 0 Å². The van der Waals surface area contributed by atoms with Gasteiger partial charge in [-0.1, -0.05) is 44.0 Å². The maximum Gasteiger partial charge on any atom is 0.252 e. The van der Waals surface area contributed by atoms with Crippen molar-refractivity contribution in [2.45, 2.75) is 6.04 Å². The Kier molecular flexibility index (Phi) is 5.18. The average molecular weight is 400 g/mol. The zero-order chi connectivity index (χ0) is 14.7. The molecule has 1 aromatic heterocycles. The monoisotopic (exact) mass is 398 g/mol. The Morgan fingerprint density at radius 2 is 1.85 bits per heavy atom. The summed E-state index contributed by atoms with van der Waals surface area (Å²) in [4.78, 5) is 14.3. The van der Waals surface area contributed by atoms with E-state index in [0.29, 0.717) is 0 Å². The van der Waals surface area contributed by atoms with Gasteiger partial charge in [-0.25, -0.2) is 0 Å². The summed E-state index contributed by atoms with van der Waals surface area (Å²) in [6.07, 6.45) is 1.83. The van der Waals surface area contributed by atoms with E-state index in [2.05, 4.69) is 42.8 Å². The van der Waals surface area contributed by atoms with Gasteiger partial charge < -0.3 is 9.47 Å². The first-order valence-electron chi connectivity index (χ1n) is 6.25. The van der Waals surface area contributed by atoms with Gasteiger partial charge >= 0.3 is 0 Å². The van der Waals surface area contributed by atoms with Gasteiger partial charge in [0.05, 0.1) is 6.04 Å². The van der Waals surface area contributed by atoms with Gasteiger partial charge in [0.2, 0.25) is 0 Å². The molecule has 0 fully saturated rings. The molecule has 106 valence electrons. The number of halogens is 2. The van der Waals surface area contributed by atoms with Crippen molar-refractivity contribution in [1.29, 1.82) is 0 Å². The quantitative estimate of drug-likeness (QED) is 0.785. The average Bonchev–Trinajstić information content (AvgIpc) is 2.36. The summed E-state index contributed by atoms with van der Waals surface area (Å²) in [6, 6.07) is 11.6. The highest BCUT2D eigenvalue weighted by Gasteiger charge is 2.16. The van der Waals surface area contributed by atoms with Crippen molar-refractivity contribution in [2.24, 2.45) is 0 Å². The SMILES string of the molecule is CN(C)CC(c1cccc(Br)c1)n1ccc(Br)cc1=O. The molecule has 0 aliphatic rings. The van der Waals surface area contributed by atoms with Crippen molar-refractivity contribution in [3.8, 4) is 0 Å². The third kappa shape index (κ3) is 3.81. The van der Waals surface area contributed by atoms with Gasteiger partial charge in [-0.15, -0.1) is 0 Å². The molecule has 0 N–H and O–H groups in total. The minimum Gasteiger partial charge on any atom is -0.307 e. The van der Waals surface area contributed by atoms with Crippen molar-refractivity contribution < 1.29 is 0 Å². The number of benzene rings is 1. The molecule has 0 aliphatic heterocycles. The number of hydrogen-bond donors (Lipinski definition) is 0. The number of aromatic nitrogens is 1. The summed E-state index contributed by atoms with van der Waals surface area (Å²) in [5.41, 5.74) is 1.10. The second-order valence-corrected chi connectivity index (χ2v) is 6.75. The molecule has 1 heterocycles. The van der Waals surface area contributed by atoms with E-state index in [4.69, 9.17) is 0 Å². The second-order valence-electron chi connectivity index (χ2n) is 4.92. The van der Waals surface area contributed by atoms with Crippen LogP contribution in [0, 0.1) is 0 Å². The molecular formula is C15H16Br2N2O. The van der Waals surface area contributed by atoms with Crippen molar-refractivity contribution in [1.82, 2.24) is 9.47 Å². The van der Waals surface area contributed by atoms with Crippen LogP contribution in [0.3, 0.4) is 0 Å². The van der Waals surface area contributed by atoms with Crippen LogP contribution in [0.15, 0.2) is 56.3 Å². The number of likely N-dealkylation sites (N-methyl/N-ethyl adjacent to an activating group) is 1. The summed E-state index contributed by atoms with van der Waals surface area (Å²) < 4.78 is 3.59. The molecule has 0 saturated heterocycles. The topological polar surface area (TPSA) is 25.2 Å². The van der Waals surface area contributed by atoms with Gasteiger partial charge in [0.1, 0.15) is 0 Å². The summed E-state index contributed by atoms with van der Waals surface area (Å²) in [5, 5.41) is 0. The summed E-state index contributed by atoms with van der Waals surface area (Å²) in [6.45, 7) is 0.762. The second kappa shape index (κ2) is 6.70. The van der Waals surface area contributed by atoms with Gasteiger partial charge in [-0.2, -0.15) is 0 Å². The molecule has 0 amide bonds. The van der Waals surface area contributed by atoms with Crippen LogP contribution in [0.4, 0.5) is 0 Å². The third-order valence-electron chi connectivity index (χ3n) is 3.02. The first-order valence-corrected chi connectivity index (χ1v) is 7.84. The van der Waals surface area contributed by atoms with Gasteiger partial charge in [0.15, 0.2) is 0 Å². The van der Waals surface area contributed by atoms with Crippen LogP contribution < -0.4 is 5.56 Å². The Morgan fingerprint density at radius 1 is 1.15 bits per heavy atom. The van der Waals surface area contributed by atoms with Crippen LogP contribution in [0.1, 0.15) is 11.6 Å². The van der Waals surface area contributed by atoms with Crippen molar-refractivity contribution in [3.05, 3.63) is 67.5 Å². The molecule has 0 bridgehead atoms. The Hall–Kier alpha value is -0.910. The molecule has 0 aliphatic carbocycles. The Morgan fingerprint density at radius 3 is 2.45 bits per heavy atom. The van der Waals surface area contributed by atoms with Crippen LogP contribution in [0.25, 0.3) is 0 Å². The van der Waals surface area contributed by atoms with E-state index >= 15 is 0 Å². The lowest BCUT2D eigenvalue weighted by Crippen LogP contribution is -2.31. The lowest BCUT2D eigenvalue weighted by atomic mass is 10.1. The summed E-state index contributed by atoms with van der Waals surface area (Å²) in [7, 11) is 4.02. The molecule has 2 aromatic rings. The first-order chi connectivity index (χ1) is 9.47. The normalized spacial score (nSPS) is 12.7. The molecule has 2 rings (SSSR count). The predicted octanol–water partition coefficient (Wildman–Crippen LogP) is 3.52. The molecule has 0 saturated carbocycles. The highest BCUT2D eigenvalue weighted by molar-refractivity contribution is 9.10. The lowest BCUT2D eigenvalue weighted by Gasteiger charge is -2.24. The van der Waals surface area contributed by atoms with Crippen LogP contribution >= 0.6 is 31.9 Å². The lowest BCUT2D eigenvalue weighted by molar-refractivity contribution is 0.346. The number of nitrogens with zero attached hydrogens (tertiary/aromatic N) is 2. The summed E-state index contributed by atoms with van der Waals surface area (Å²) in [5.74, 6) is 0. The van der Waals surface area contributed by atoms with E-state index < -0.39 is 0 Å². The minimum atomic E-state index is -0.0110. The smallest absolute Gasteiger partial charge is 0.252 e. The Balaban J connectivity index is 2.50. The zero-order valence-corrected chi connectivity index (χ0v) is 14.6. The molecule has 1 atom stereocenters. The van der Waals surface area contributed by atoms with Gasteiger partial charge in [0, 0.05) is 27.8 Å². The zero-order valence-electron chi connectivity index (χ0n) is 11.4. The predicted molar refractivity (Wildman–Crippen MR) is 89.2 cm³/mol. The van der Waals surface area contributed by atoms with Gasteiger partial charge in [-0.3, -0.25) is 4.79 Å². The summed E-state index contributed by atoms with van der Waals surface area (Å²) >= 11 is 6.82. The van der Waals surface area contributed by atoms with E-state index in [1.165, 1.54) is 0 Å². The van der Waals surface area contributed by atoms with E-state index in [9.17, 15) is 4.79 Å². The fraction of sp³-hybridized carbons (Fsp3) is 0.267. The molecule has 1 aromatic carbocycles. The number of pyridine rings is 1. The van der Waals surface area contributed by atoms with E-state index in [1.54, 1.807) is 10.6 Å². The molecule has 20 heavy (non-hydrogen) atoms. The Bertz CT molecular complexity index is 652. The van der Waals surface area contributed by atoms with E-state index in [1.807, 2.05) is 44.6 Å².